The molecule has 0 bridgehead atoms. The number of carbonyl (C=O) groups excluding carboxylic acids is 1. The number of aromatic nitrogens is 2. The standard InChI is InChI=1S/C29H27N3O7S/c1-4-17-18-13-32-22(12-20-19(27(32)33)14-38-28(34)29(20,35)5-2)26(18)31-21-10-11-23(25(30)24(17)21)39-40(36,37)16-8-6-15(3)7-9-16/h6-12,35H,4-5,13-14,30H2,1-3H3. The minimum Gasteiger partial charge on any atom is -0.458 e. The molecule has 0 amide bonds. The van der Waals surface area contributed by atoms with Gasteiger partial charge in [0.2, 0.25) is 0 Å². The molecule has 2 aliphatic heterocycles. The molecule has 1 atom stereocenters. The highest BCUT2D eigenvalue weighted by molar-refractivity contribution is 7.87. The Morgan fingerprint density at radius 2 is 1.85 bits per heavy atom. The van der Waals surface area contributed by atoms with Crippen molar-refractivity contribution in [3.8, 4) is 17.1 Å². The number of rotatable bonds is 5. The Bertz CT molecular complexity index is 1910. The molecule has 6 rings (SSSR count). The van der Waals surface area contributed by atoms with Crippen LogP contribution in [0.4, 0.5) is 5.69 Å². The summed E-state index contributed by atoms with van der Waals surface area (Å²) in [5.74, 6) is -0.803. The molecule has 0 fully saturated rings. The lowest BCUT2D eigenvalue weighted by Gasteiger charge is -2.31. The summed E-state index contributed by atoms with van der Waals surface area (Å²) < 4.78 is 38.1. The van der Waals surface area contributed by atoms with Crippen LogP contribution in [0.25, 0.3) is 22.3 Å². The molecule has 0 saturated heterocycles. The molecule has 2 aliphatic rings. The number of carbonyl (C=O) groups is 1. The molecule has 2 aromatic heterocycles. The molecule has 3 N–H and O–H groups in total. The maximum Gasteiger partial charge on any atom is 0.343 e. The molecule has 10 nitrogen and oxygen atoms in total. The molecular weight excluding hydrogens is 534 g/mol. The molecule has 4 aromatic rings. The number of pyridine rings is 2. The number of anilines is 1. The lowest BCUT2D eigenvalue weighted by atomic mass is 9.86. The number of nitrogens with two attached hydrogens (primary N) is 1. The first-order chi connectivity index (χ1) is 19.0. The number of fused-ring (bicyclic) bond motifs is 5. The van der Waals surface area contributed by atoms with E-state index in [9.17, 15) is 23.1 Å². The number of hydrogen-bond donors (Lipinski definition) is 2. The second kappa shape index (κ2) is 8.90. The highest BCUT2D eigenvalue weighted by Gasteiger charge is 2.45. The van der Waals surface area contributed by atoms with Gasteiger partial charge in [0.05, 0.1) is 34.7 Å². The lowest BCUT2D eigenvalue weighted by molar-refractivity contribution is -0.172. The van der Waals surface area contributed by atoms with Crippen molar-refractivity contribution in [1.29, 1.82) is 0 Å². The van der Waals surface area contributed by atoms with Crippen LogP contribution in [0.1, 0.15) is 48.1 Å². The van der Waals surface area contributed by atoms with Crippen LogP contribution >= 0.6 is 0 Å². The number of benzene rings is 2. The molecule has 1 unspecified atom stereocenters. The van der Waals surface area contributed by atoms with Gasteiger partial charge in [-0.2, -0.15) is 8.42 Å². The van der Waals surface area contributed by atoms with E-state index in [1.807, 2.05) is 13.8 Å². The summed E-state index contributed by atoms with van der Waals surface area (Å²) >= 11 is 0. The van der Waals surface area contributed by atoms with Crippen LogP contribution in [0.5, 0.6) is 5.75 Å². The van der Waals surface area contributed by atoms with Gasteiger partial charge >= 0.3 is 16.1 Å². The molecule has 0 saturated carbocycles. The summed E-state index contributed by atoms with van der Waals surface area (Å²) in [7, 11) is -4.14. The Morgan fingerprint density at radius 1 is 1.12 bits per heavy atom. The molecule has 0 radical (unpaired) electrons. The molecule has 2 aromatic carbocycles. The number of cyclic esters (lactones) is 1. The summed E-state index contributed by atoms with van der Waals surface area (Å²) in [6.45, 7) is 5.43. The fourth-order valence-corrected chi connectivity index (χ4v) is 6.56. The fourth-order valence-electron chi connectivity index (χ4n) is 5.61. The van der Waals surface area contributed by atoms with E-state index in [0.29, 0.717) is 28.7 Å². The maximum absolute atomic E-state index is 13.5. The quantitative estimate of drug-likeness (QED) is 0.187. The molecule has 0 spiro atoms. The summed E-state index contributed by atoms with van der Waals surface area (Å²) in [5, 5.41) is 11.7. The number of aliphatic hydroxyl groups is 1. The van der Waals surface area contributed by atoms with Crippen LogP contribution in [0.15, 0.2) is 52.2 Å². The van der Waals surface area contributed by atoms with E-state index in [-0.39, 0.29) is 52.6 Å². The largest absolute Gasteiger partial charge is 0.458 e. The van der Waals surface area contributed by atoms with Crippen molar-refractivity contribution in [3.63, 3.8) is 0 Å². The van der Waals surface area contributed by atoms with E-state index in [1.54, 1.807) is 35.8 Å². The number of esters is 1. The van der Waals surface area contributed by atoms with E-state index >= 15 is 0 Å². The Kier molecular flexibility index (Phi) is 5.79. The van der Waals surface area contributed by atoms with Gasteiger partial charge in [0.25, 0.3) is 5.56 Å². The Labute approximate surface area is 230 Å². The van der Waals surface area contributed by atoms with Gasteiger partial charge in [-0.3, -0.25) is 4.79 Å². The second-order valence-corrected chi connectivity index (χ2v) is 11.6. The third-order valence-corrected chi connectivity index (χ3v) is 9.08. The summed E-state index contributed by atoms with van der Waals surface area (Å²) in [4.78, 5) is 30.8. The highest BCUT2D eigenvalue weighted by Crippen LogP contribution is 2.43. The van der Waals surface area contributed by atoms with Gasteiger partial charge in [0.1, 0.15) is 11.5 Å². The van der Waals surface area contributed by atoms with Crippen molar-refractivity contribution >= 4 is 32.7 Å². The van der Waals surface area contributed by atoms with Gasteiger partial charge in [0.15, 0.2) is 11.4 Å². The number of nitrogens with zero attached hydrogens (tertiary/aromatic N) is 2. The molecule has 11 heteroatoms. The summed E-state index contributed by atoms with van der Waals surface area (Å²) in [5.41, 5.74) is 8.83. The van der Waals surface area contributed by atoms with Crippen molar-refractivity contribution in [1.82, 2.24) is 9.55 Å². The summed E-state index contributed by atoms with van der Waals surface area (Å²) in [6, 6.07) is 11.1. The number of hydrogen-bond acceptors (Lipinski definition) is 9. The van der Waals surface area contributed by atoms with Gasteiger partial charge in [-0.05, 0) is 55.7 Å². The average molecular weight is 562 g/mol. The summed E-state index contributed by atoms with van der Waals surface area (Å²) in [6.07, 6.45) is 0.563. The maximum atomic E-state index is 13.5. The normalized spacial score (nSPS) is 17.8. The van der Waals surface area contributed by atoms with E-state index < -0.39 is 21.7 Å². The van der Waals surface area contributed by atoms with Crippen molar-refractivity contribution in [2.24, 2.45) is 0 Å². The van der Waals surface area contributed by atoms with Crippen molar-refractivity contribution in [2.75, 3.05) is 5.73 Å². The first-order valence-corrected chi connectivity index (χ1v) is 14.3. The minimum absolute atomic E-state index is 0.00804. The zero-order valence-electron chi connectivity index (χ0n) is 22.1. The van der Waals surface area contributed by atoms with Crippen molar-refractivity contribution < 1.29 is 27.2 Å². The fraction of sp³-hybridized carbons (Fsp3) is 0.276. The van der Waals surface area contributed by atoms with E-state index in [0.717, 1.165) is 16.7 Å². The van der Waals surface area contributed by atoms with E-state index in [2.05, 4.69) is 0 Å². The Morgan fingerprint density at radius 3 is 2.52 bits per heavy atom. The smallest absolute Gasteiger partial charge is 0.343 e. The van der Waals surface area contributed by atoms with Crippen LogP contribution < -0.4 is 15.5 Å². The number of nitrogen functional groups attached to an aromatic ring is 1. The molecule has 206 valence electrons. The third kappa shape index (κ3) is 3.65. The number of ether oxygens (including phenoxy) is 1. The van der Waals surface area contributed by atoms with Crippen LogP contribution in [0, 0.1) is 6.92 Å². The minimum atomic E-state index is -4.14. The Balaban J connectivity index is 1.51. The van der Waals surface area contributed by atoms with Crippen molar-refractivity contribution in [3.05, 3.63) is 80.6 Å². The van der Waals surface area contributed by atoms with E-state index in [4.69, 9.17) is 19.6 Å². The zero-order valence-corrected chi connectivity index (χ0v) is 23.0. The molecular formula is C29H27N3O7S. The van der Waals surface area contributed by atoms with Gasteiger partial charge in [-0.1, -0.05) is 31.5 Å². The average Bonchev–Trinajstić information content (AvgIpc) is 3.30. The van der Waals surface area contributed by atoms with Gasteiger partial charge in [-0.25, -0.2) is 9.78 Å². The molecule has 0 aliphatic carbocycles. The molecule has 40 heavy (non-hydrogen) atoms. The monoisotopic (exact) mass is 561 g/mol. The predicted molar refractivity (Wildman–Crippen MR) is 147 cm³/mol. The second-order valence-electron chi connectivity index (χ2n) is 10.1. The van der Waals surface area contributed by atoms with Gasteiger partial charge < -0.3 is 24.3 Å². The van der Waals surface area contributed by atoms with Crippen LogP contribution in [0.2, 0.25) is 0 Å². The first-order valence-electron chi connectivity index (χ1n) is 12.9. The van der Waals surface area contributed by atoms with Gasteiger partial charge in [0, 0.05) is 16.5 Å². The Hall–Kier alpha value is -4.22. The predicted octanol–water partition coefficient (Wildman–Crippen LogP) is 3.30. The lowest BCUT2D eigenvalue weighted by Crippen LogP contribution is -2.44. The topological polar surface area (TPSA) is 151 Å². The van der Waals surface area contributed by atoms with Crippen molar-refractivity contribution in [2.45, 2.75) is 57.3 Å². The zero-order chi connectivity index (χ0) is 28.6. The number of aryl methyl sites for hydroxylation is 2. The SMILES string of the molecule is CCc1c2c(nc3ccc(OS(=O)(=O)c4ccc(C)cc4)c(N)c13)-c1cc3c(c(=O)n1C2)COC(=O)C3(O)CC. The highest BCUT2D eigenvalue weighted by atomic mass is 32.2. The van der Waals surface area contributed by atoms with Gasteiger partial charge in [-0.15, -0.1) is 0 Å². The third-order valence-electron chi connectivity index (χ3n) is 7.83. The first kappa shape index (κ1) is 26.0. The van der Waals surface area contributed by atoms with Crippen LogP contribution in [0.3, 0.4) is 0 Å². The van der Waals surface area contributed by atoms with Crippen LogP contribution in [-0.4, -0.2) is 29.0 Å². The molecule has 4 heterocycles. The van der Waals surface area contributed by atoms with Crippen LogP contribution in [-0.2, 0) is 44.8 Å². The van der Waals surface area contributed by atoms with E-state index in [1.165, 1.54) is 18.2 Å².